The molecule has 0 N–H and O–H groups in total. The highest BCUT2D eigenvalue weighted by atomic mass is 16.7. The predicted octanol–water partition coefficient (Wildman–Crippen LogP) is 2.12. The fourth-order valence-corrected chi connectivity index (χ4v) is 2.46. The van der Waals surface area contributed by atoms with Gasteiger partial charge in [0.05, 0.1) is 19.6 Å². The number of carbonyl (C=O) groups excluding carboxylic acids is 1. The van der Waals surface area contributed by atoms with Crippen LogP contribution in [0.4, 0.5) is 0 Å². The zero-order valence-electron chi connectivity index (χ0n) is 9.67. The summed E-state index contributed by atoms with van der Waals surface area (Å²) in [6.45, 7) is 1.23. The highest BCUT2D eigenvalue weighted by Crippen LogP contribution is 2.48. The first-order valence-corrected chi connectivity index (χ1v) is 6.15. The summed E-state index contributed by atoms with van der Waals surface area (Å²) in [5.74, 6) is 0.890. The summed E-state index contributed by atoms with van der Waals surface area (Å²) in [6.07, 6.45) is 1.10. The Kier molecular flexibility index (Phi) is 2.95. The lowest BCUT2D eigenvalue weighted by molar-refractivity contribution is -0.128. The molecule has 90 valence electrons. The molecule has 3 rings (SSSR count). The highest BCUT2D eigenvalue weighted by Gasteiger charge is 2.44. The maximum Gasteiger partial charge on any atom is 0.164 e. The Balaban J connectivity index is 1.55. The van der Waals surface area contributed by atoms with E-state index in [-0.39, 0.29) is 18.0 Å². The van der Waals surface area contributed by atoms with Crippen LogP contribution < -0.4 is 0 Å². The molecule has 2 aliphatic rings. The van der Waals surface area contributed by atoms with E-state index in [1.54, 1.807) is 0 Å². The number of ketones is 1. The van der Waals surface area contributed by atoms with Crippen molar-refractivity contribution in [3.63, 3.8) is 0 Å². The van der Waals surface area contributed by atoms with Crippen LogP contribution in [0.3, 0.4) is 0 Å². The van der Waals surface area contributed by atoms with Crippen LogP contribution in [0.2, 0.25) is 0 Å². The van der Waals surface area contributed by atoms with Gasteiger partial charge in [0.2, 0.25) is 0 Å². The lowest BCUT2D eigenvalue weighted by Gasteiger charge is -2.07. The maximum absolute atomic E-state index is 12.0. The molecule has 0 aromatic heterocycles. The van der Waals surface area contributed by atoms with Gasteiger partial charge in [-0.3, -0.25) is 4.79 Å². The second kappa shape index (κ2) is 4.59. The van der Waals surface area contributed by atoms with Crippen LogP contribution in [0.5, 0.6) is 0 Å². The lowest BCUT2D eigenvalue weighted by Crippen LogP contribution is -2.15. The normalized spacial score (nSPS) is 28.2. The second-order valence-electron chi connectivity index (χ2n) is 4.70. The van der Waals surface area contributed by atoms with Crippen LogP contribution in [-0.4, -0.2) is 25.3 Å². The van der Waals surface area contributed by atoms with Crippen LogP contribution in [0, 0.1) is 5.92 Å². The minimum atomic E-state index is -0.292. The average Bonchev–Trinajstić information content (AvgIpc) is 3.02. The van der Waals surface area contributed by atoms with Crippen LogP contribution in [0.25, 0.3) is 0 Å². The first-order valence-electron chi connectivity index (χ1n) is 6.15. The molecule has 0 radical (unpaired) electrons. The second-order valence-corrected chi connectivity index (χ2v) is 4.70. The number of hydrogen-bond acceptors (Lipinski definition) is 3. The molecular formula is C14H16O3. The van der Waals surface area contributed by atoms with E-state index in [0.29, 0.717) is 25.6 Å². The van der Waals surface area contributed by atoms with Crippen molar-refractivity contribution in [3.8, 4) is 0 Å². The zero-order valence-corrected chi connectivity index (χ0v) is 9.67. The van der Waals surface area contributed by atoms with Gasteiger partial charge in [-0.2, -0.15) is 0 Å². The summed E-state index contributed by atoms with van der Waals surface area (Å²) in [7, 11) is 0. The van der Waals surface area contributed by atoms with E-state index >= 15 is 0 Å². The minimum Gasteiger partial charge on any atom is -0.350 e. The molecule has 3 nitrogen and oxygen atoms in total. The number of rotatable bonds is 4. The quantitative estimate of drug-likeness (QED) is 0.797. The molecule has 0 spiro atoms. The van der Waals surface area contributed by atoms with Crippen LogP contribution in [-0.2, 0) is 14.3 Å². The van der Waals surface area contributed by atoms with E-state index in [4.69, 9.17) is 9.47 Å². The van der Waals surface area contributed by atoms with Gasteiger partial charge in [-0.05, 0) is 17.9 Å². The van der Waals surface area contributed by atoms with Crippen molar-refractivity contribution in [2.75, 3.05) is 13.2 Å². The van der Waals surface area contributed by atoms with Crippen molar-refractivity contribution in [1.82, 2.24) is 0 Å². The lowest BCUT2D eigenvalue weighted by atomic mass is 10.1. The molecule has 3 heteroatoms. The number of carbonyl (C=O) groups is 1. The number of hydrogen-bond donors (Lipinski definition) is 0. The molecule has 1 heterocycles. The Bertz CT molecular complexity index is 395. The van der Waals surface area contributed by atoms with Gasteiger partial charge in [-0.1, -0.05) is 30.3 Å². The van der Waals surface area contributed by atoms with Gasteiger partial charge in [-0.25, -0.2) is 0 Å². The SMILES string of the molecule is O=C(CC1OCCO1)C1CC1c1ccccc1. The van der Waals surface area contributed by atoms with Crippen molar-refractivity contribution >= 4 is 5.78 Å². The van der Waals surface area contributed by atoms with E-state index in [9.17, 15) is 4.79 Å². The van der Waals surface area contributed by atoms with E-state index in [2.05, 4.69) is 12.1 Å². The topological polar surface area (TPSA) is 35.5 Å². The van der Waals surface area contributed by atoms with Crippen LogP contribution in [0.1, 0.15) is 24.3 Å². The van der Waals surface area contributed by atoms with Gasteiger partial charge >= 0.3 is 0 Å². The molecule has 1 aromatic carbocycles. The molecule has 1 saturated heterocycles. The van der Waals surface area contributed by atoms with Gasteiger partial charge < -0.3 is 9.47 Å². The van der Waals surface area contributed by atoms with Crippen molar-refractivity contribution < 1.29 is 14.3 Å². The molecule has 1 aliphatic heterocycles. The fraction of sp³-hybridized carbons (Fsp3) is 0.500. The van der Waals surface area contributed by atoms with E-state index in [0.717, 1.165) is 6.42 Å². The third-order valence-corrected chi connectivity index (χ3v) is 3.49. The van der Waals surface area contributed by atoms with Crippen LogP contribution in [0.15, 0.2) is 30.3 Å². The predicted molar refractivity (Wildman–Crippen MR) is 62.6 cm³/mol. The third kappa shape index (κ3) is 2.40. The number of Topliss-reactive ketones (excluding diaryl/α,β-unsaturated/α-hetero) is 1. The summed E-state index contributed by atoms with van der Waals surface area (Å²) < 4.78 is 10.6. The number of benzene rings is 1. The van der Waals surface area contributed by atoms with E-state index in [1.165, 1.54) is 5.56 Å². The largest absolute Gasteiger partial charge is 0.350 e. The molecule has 1 saturated carbocycles. The summed E-state index contributed by atoms with van der Waals surface area (Å²) in [5.41, 5.74) is 1.28. The molecule has 1 aromatic rings. The molecule has 2 unspecified atom stereocenters. The van der Waals surface area contributed by atoms with Crippen molar-refractivity contribution in [2.24, 2.45) is 5.92 Å². The Morgan fingerprint density at radius 3 is 2.59 bits per heavy atom. The smallest absolute Gasteiger partial charge is 0.164 e. The van der Waals surface area contributed by atoms with Gasteiger partial charge in [0.1, 0.15) is 5.78 Å². The molecule has 1 aliphatic carbocycles. The van der Waals surface area contributed by atoms with Crippen LogP contribution >= 0.6 is 0 Å². The summed E-state index contributed by atoms with van der Waals surface area (Å²) >= 11 is 0. The fourth-order valence-electron chi connectivity index (χ4n) is 2.46. The first kappa shape index (κ1) is 10.9. The number of ether oxygens (including phenoxy) is 2. The molecule has 0 amide bonds. The van der Waals surface area contributed by atoms with Crippen molar-refractivity contribution in [2.45, 2.75) is 25.0 Å². The molecule has 17 heavy (non-hydrogen) atoms. The third-order valence-electron chi connectivity index (χ3n) is 3.49. The molecule has 2 fully saturated rings. The highest BCUT2D eigenvalue weighted by molar-refractivity contribution is 5.85. The maximum atomic E-state index is 12.0. The van der Waals surface area contributed by atoms with Crippen molar-refractivity contribution in [3.05, 3.63) is 35.9 Å². The first-order chi connectivity index (χ1) is 8.34. The summed E-state index contributed by atoms with van der Waals surface area (Å²) in [6, 6.07) is 10.3. The van der Waals surface area contributed by atoms with E-state index in [1.807, 2.05) is 18.2 Å². The monoisotopic (exact) mass is 232 g/mol. The molecule has 0 bridgehead atoms. The zero-order chi connectivity index (χ0) is 11.7. The summed E-state index contributed by atoms with van der Waals surface area (Å²) in [5, 5.41) is 0. The standard InChI is InChI=1S/C14H16O3/c15-13(9-14-16-6-7-17-14)12-8-11(12)10-4-2-1-3-5-10/h1-5,11-12,14H,6-9H2. The Labute approximate surface area is 101 Å². The van der Waals surface area contributed by atoms with Gasteiger partial charge in [-0.15, -0.1) is 0 Å². The van der Waals surface area contributed by atoms with E-state index < -0.39 is 0 Å². The molecule has 2 atom stereocenters. The minimum absolute atomic E-state index is 0.185. The molecular weight excluding hydrogens is 216 g/mol. The van der Waals surface area contributed by atoms with Gasteiger partial charge in [0.25, 0.3) is 0 Å². The van der Waals surface area contributed by atoms with Gasteiger partial charge in [0, 0.05) is 5.92 Å². The van der Waals surface area contributed by atoms with Crippen molar-refractivity contribution in [1.29, 1.82) is 0 Å². The van der Waals surface area contributed by atoms with Gasteiger partial charge in [0.15, 0.2) is 6.29 Å². The summed E-state index contributed by atoms with van der Waals surface area (Å²) in [4.78, 5) is 12.0. The Hall–Kier alpha value is -1.19. The Morgan fingerprint density at radius 2 is 1.88 bits per heavy atom. The average molecular weight is 232 g/mol. The Morgan fingerprint density at radius 1 is 1.18 bits per heavy atom.